The van der Waals surface area contributed by atoms with Crippen LogP contribution in [0.15, 0.2) is 48.5 Å². The molecule has 1 amide bonds. The molecule has 0 atom stereocenters. The normalized spacial score (nSPS) is 13.1. The van der Waals surface area contributed by atoms with Crippen molar-refractivity contribution in [2.75, 3.05) is 23.9 Å². The Balaban J connectivity index is 1.43. The van der Waals surface area contributed by atoms with Crippen LogP contribution in [0.5, 0.6) is 5.75 Å². The van der Waals surface area contributed by atoms with Gasteiger partial charge in [0, 0.05) is 37.0 Å². The third-order valence-corrected chi connectivity index (χ3v) is 5.30. The minimum atomic E-state index is -0.176. The molecule has 2 heterocycles. The van der Waals surface area contributed by atoms with Crippen LogP contribution in [0.1, 0.15) is 28.0 Å². The number of nitrogens with one attached hydrogen (secondary N) is 1. The van der Waals surface area contributed by atoms with Crippen molar-refractivity contribution in [2.24, 2.45) is 0 Å². The number of anilines is 2. The lowest BCUT2D eigenvalue weighted by atomic mass is 10.1. The fourth-order valence-electron chi connectivity index (χ4n) is 3.57. The fraction of sp³-hybridized carbons (Fsp3) is 0.273. The molecule has 0 saturated carbocycles. The average Bonchev–Trinajstić information content (AvgIpc) is 3.10. The molecular weight excluding hydrogens is 388 g/mol. The maximum Gasteiger partial charge on any atom is 0.255 e. The number of nitrogens with zero attached hydrogens (tertiary/aromatic N) is 3. The number of carbonyl (C=O) groups is 1. The summed E-state index contributed by atoms with van der Waals surface area (Å²) in [7, 11) is 1.56. The van der Waals surface area contributed by atoms with E-state index in [0.717, 1.165) is 43.1 Å². The van der Waals surface area contributed by atoms with Crippen molar-refractivity contribution in [3.63, 3.8) is 0 Å². The van der Waals surface area contributed by atoms with E-state index < -0.39 is 0 Å². The number of methoxy groups -OCH3 is 1. The lowest BCUT2D eigenvalue weighted by molar-refractivity contribution is 0.102. The van der Waals surface area contributed by atoms with Gasteiger partial charge in [0.2, 0.25) is 0 Å². The van der Waals surface area contributed by atoms with Crippen LogP contribution < -0.4 is 15.0 Å². The third kappa shape index (κ3) is 4.22. The number of hydrogen-bond donors (Lipinski definition) is 1. The maximum atomic E-state index is 12.5. The quantitative estimate of drug-likeness (QED) is 0.672. The van der Waals surface area contributed by atoms with E-state index in [4.69, 9.17) is 16.3 Å². The van der Waals surface area contributed by atoms with Gasteiger partial charge in [-0.15, -0.1) is 0 Å². The second-order valence-corrected chi connectivity index (χ2v) is 7.55. The molecule has 1 N–H and O–H groups in total. The van der Waals surface area contributed by atoms with Crippen molar-refractivity contribution in [1.29, 1.82) is 0 Å². The summed E-state index contributed by atoms with van der Waals surface area (Å²) in [5, 5.41) is 7.86. The molecule has 6 nitrogen and oxygen atoms in total. The Morgan fingerprint density at radius 2 is 1.97 bits per heavy atom. The van der Waals surface area contributed by atoms with E-state index in [1.54, 1.807) is 25.3 Å². The highest BCUT2D eigenvalue weighted by Crippen LogP contribution is 2.27. The zero-order chi connectivity index (χ0) is 20.4. The Hall–Kier alpha value is -2.99. The van der Waals surface area contributed by atoms with Gasteiger partial charge >= 0.3 is 0 Å². The Morgan fingerprint density at radius 3 is 2.69 bits per heavy atom. The van der Waals surface area contributed by atoms with Crippen LogP contribution in [-0.2, 0) is 13.1 Å². The van der Waals surface area contributed by atoms with Gasteiger partial charge < -0.3 is 15.0 Å². The molecule has 0 saturated heterocycles. The smallest absolute Gasteiger partial charge is 0.255 e. The number of aryl methyl sites for hydroxylation is 2. The largest absolute Gasteiger partial charge is 0.495 e. The summed E-state index contributed by atoms with van der Waals surface area (Å²) >= 11 is 6.12. The van der Waals surface area contributed by atoms with Gasteiger partial charge in [0.05, 0.1) is 17.8 Å². The second-order valence-electron chi connectivity index (χ2n) is 7.14. The molecule has 150 valence electrons. The van der Waals surface area contributed by atoms with E-state index in [2.05, 4.69) is 26.1 Å². The average molecular weight is 411 g/mol. The summed E-state index contributed by atoms with van der Waals surface area (Å²) < 4.78 is 7.20. The Bertz CT molecular complexity index is 1030. The van der Waals surface area contributed by atoms with Crippen molar-refractivity contribution in [2.45, 2.75) is 26.4 Å². The number of hydrogen-bond acceptors (Lipinski definition) is 4. The van der Waals surface area contributed by atoms with E-state index in [1.165, 1.54) is 0 Å². The zero-order valence-corrected chi connectivity index (χ0v) is 17.2. The lowest BCUT2D eigenvalue weighted by Crippen LogP contribution is -2.31. The highest BCUT2D eigenvalue weighted by molar-refractivity contribution is 6.32. The van der Waals surface area contributed by atoms with Crippen molar-refractivity contribution >= 4 is 29.0 Å². The summed E-state index contributed by atoms with van der Waals surface area (Å²) in [6.07, 6.45) is 1.08. The molecule has 1 aromatic heterocycles. The van der Waals surface area contributed by atoms with Crippen LogP contribution in [0, 0.1) is 6.92 Å². The van der Waals surface area contributed by atoms with Crippen LogP contribution in [0.3, 0.4) is 0 Å². The molecule has 1 aliphatic rings. The van der Waals surface area contributed by atoms with Crippen molar-refractivity contribution in [1.82, 2.24) is 9.78 Å². The highest BCUT2D eigenvalue weighted by Gasteiger charge is 2.18. The number of fused-ring (bicyclic) bond motifs is 1. The molecule has 0 bridgehead atoms. The van der Waals surface area contributed by atoms with Crippen LogP contribution >= 0.6 is 11.6 Å². The predicted molar refractivity (Wildman–Crippen MR) is 115 cm³/mol. The van der Waals surface area contributed by atoms with Crippen LogP contribution in [0.4, 0.5) is 11.5 Å². The molecule has 0 fully saturated rings. The minimum Gasteiger partial charge on any atom is -0.495 e. The summed E-state index contributed by atoms with van der Waals surface area (Å²) in [5.41, 5.74) is 3.42. The third-order valence-electron chi connectivity index (χ3n) is 5.00. The Labute approximate surface area is 175 Å². The van der Waals surface area contributed by atoms with Crippen LogP contribution in [0.25, 0.3) is 0 Å². The van der Waals surface area contributed by atoms with Crippen molar-refractivity contribution in [3.8, 4) is 5.75 Å². The first-order chi connectivity index (χ1) is 14.0. The molecule has 29 heavy (non-hydrogen) atoms. The molecule has 2 aromatic carbocycles. The van der Waals surface area contributed by atoms with Gasteiger partial charge in [-0.2, -0.15) is 5.10 Å². The molecule has 0 aliphatic carbocycles. The first-order valence-electron chi connectivity index (χ1n) is 9.57. The van der Waals surface area contributed by atoms with E-state index in [1.807, 2.05) is 31.2 Å². The van der Waals surface area contributed by atoms with Gasteiger partial charge in [-0.3, -0.25) is 4.79 Å². The second kappa shape index (κ2) is 8.17. The zero-order valence-electron chi connectivity index (χ0n) is 16.5. The molecule has 1 aliphatic heterocycles. The number of halogens is 1. The fourth-order valence-corrected chi connectivity index (χ4v) is 3.82. The van der Waals surface area contributed by atoms with Gasteiger partial charge in [-0.1, -0.05) is 23.7 Å². The number of benzene rings is 2. The van der Waals surface area contributed by atoms with Gasteiger partial charge in [0.15, 0.2) is 0 Å². The van der Waals surface area contributed by atoms with Crippen LogP contribution in [0.2, 0.25) is 5.02 Å². The van der Waals surface area contributed by atoms with Gasteiger partial charge in [0.25, 0.3) is 5.91 Å². The molecule has 0 unspecified atom stereocenters. The highest BCUT2D eigenvalue weighted by atomic mass is 35.5. The first-order valence-corrected chi connectivity index (χ1v) is 9.94. The van der Waals surface area contributed by atoms with E-state index in [-0.39, 0.29) is 5.91 Å². The van der Waals surface area contributed by atoms with E-state index in [9.17, 15) is 4.79 Å². The Kier molecular flexibility index (Phi) is 5.45. The monoisotopic (exact) mass is 410 g/mol. The summed E-state index contributed by atoms with van der Waals surface area (Å²) in [6, 6.07) is 15.0. The Morgan fingerprint density at radius 1 is 1.17 bits per heavy atom. The predicted octanol–water partition coefficient (Wildman–Crippen LogP) is 4.52. The number of rotatable bonds is 5. The van der Waals surface area contributed by atoms with E-state index in [0.29, 0.717) is 22.0 Å². The molecule has 0 spiro atoms. The standard InChI is InChI=1S/C22H23ClN4O2/c1-15-12-21-26(10-3-11-27(21)25-15)14-16-4-6-17(7-5-16)22(28)24-18-8-9-20(29-2)19(23)13-18/h4-9,12-13H,3,10-11,14H2,1-2H3,(H,24,28). The summed E-state index contributed by atoms with van der Waals surface area (Å²) in [4.78, 5) is 14.9. The van der Waals surface area contributed by atoms with Crippen molar-refractivity contribution < 1.29 is 9.53 Å². The lowest BCUT2D eigenvalue weighted by Gasteiger charge is -2.29. The topological polar surface area (TPSA) is 59.4 Å². The van der Waals surface area contributed by atoms with Gasteiger partial charge in [-0.05, 0) is 49.2 Å². The van der Waals surface area contributed by atoms with Gasteiger partial charge in [0.1, 0.15) is 11.6 Å². The number of aromatic nitrogens is 2. The maximum absolute atomic E-state index is 12.5. The molecule has 3 aromatic rings. The first kappa shape index (κ1) is 19.3. The molecule has 7 heteroatoms. The number of carbonyl (C=O) groups excluding carboxylic acids is 1. The molecule has 4 rings (SSSR count). The van der Waals surface area contributed by atoms with Gasteiger partial charge in [-0.25, -0.2) is 4.68 Å². The number of ether oxygens (including phenoxy) is 1. The minimum absolute atomic E-state index is 0.176. The molecule has 0 radical (unpaired) electrons. The SMILES string of the molecule is COc1ccc(NC(=O)c2ccc(CN3CCCn4nc(C)cc43)cc2)cc1Cl. The van der Waals surface area contributed by atoms with E-state index >= 15 is 0 Å². The summed E-state index contributed by atoms with van der Waals surface area (Å²) in [5.74, 6) is 1.56. The van der Waals surface area contributed by atoms with Crippen molar-refractivity contribution in [3.05, 3.63) is 70.4 Å². The number of amides is 1. The molecular formula is C22H23ClN4O2. The van der Waals surface area contributed by atoms with Crippen LogP contribution in [-0.4, -0.2) is 29.3 Å². The summed E-state index contributed by atoms with van der Waals surface area (Å²) in [6.45, 7) is 4.79.